The van der Waals surface area contributed by atoms with E-state index in [4.69, 9.17) is 5.73 Å². The first kappa shape index (κ1) is 13.0. The molecule has 5 nitrogen and oxygen atoms in total. The molecule has 0 saturated heterocycles. The van der Waals surface area contributed by atoms with E-state index in [1.807, 2.05) is 0 Å². The summed E-state index contributed by atoms with van der Waals surface area (Å²) in [6.45, 7) is 3.02. The van der Waals surface area contributed by atoms with Gasteiger partial charge in [0.05, 0.1) is 0 Å². The monoisotopic (exact) mass is 227 g/mol. The van der Waals surface area contributed by atoms with Crippen LogP contribution in [0.25, 0.3) is 0 Å². The number of amides is 2. The van der Waals surface area contributed by atoms with Crippen molar-refractivity contribution in [3.63, 3.8) is 0 Å². The van der Waals surface area contributed by atoms with Crippen LogP contribution in [0.1, 0.15) is 32.6 Å². The van der Waals surface area contributed by atoms with Crippen LogP contribution in [0.3, 0.4) is 0 Å². The van der Waals surface area contributed by atoms with Crippen LogP contribution < -0.4 is 16.4 Å². The number of carbonyl (C=O) groups excluding carboxylic acids is 2. The average Bonchev–Trinajstić information content (AvgIpc) is 2.18. The Labute approximate surface area is 96.1 Å². The van der Waals surface area contributed by atoms with Crippen molar-refractivity contribution in [3.05, 3.63) is 0 Å². The Hall–Kier alpha value is -1.10. The summed E-state index contributed by atoms with van der Waals surface area (Å²) >= 11 is 0. The maximum absolute atomic E-state index is 11.6. The summed E-state index contributed by atoms with van der Waals surface area (Å²) in [7, 11) is 0. The molecular weight excluding hydrogens is 206 g/mol. The minimum absolute atomic E-state index is 0.0375. The molecule has 0 atom stereocenters. The minimum atomic E-state index is -0.0772. The van der Waals surface area contributed by atoms with Crippen molar-refractivity contribution in [3.8, 4) is 0 Å². The van der Waals surface area contributed by atoms with Gasteiger partial charge in [0, 0.05) is 26.4 Å². The third-order valence-corrected chi connectivity index (χ3v) is 3.20. The Bertz CT molecular complexity index is 256. The third kappa shape index (κ3) is 3.81. The van der Waals surface area contributed by atoms with Gasteiger partial charge in [-0.3, -0.25) is 9.59 Å². The molecule has 0 heterocycles. The van der Waals surface area contributed by atoms with Gasteiger partial charge in [-0.2, -0.15) is 0 Å². The van der Waals surface area contributed by atoms with Crippen molar-refractivity contribution >= 4 is 11.8 Å². The van der Waals surface area contributed by atoms with Gasteiger partial charge in [0.1, 0.15) is 0 Å². The number of hydrogen-bond donors (Lipinski definition) is 3. The lowest BCUT2D eigenvalue weighted by Crippen LogP contribution is -2.43. The molecule has 5 heteroatoms. The van der Waals surface area contributed by atoms with E-state index in [0.29, 0.717) is 26.1 Å². The Balaban J connectivity index is 2.13. The Morgan fingerprint density at radius 1 is 1.25 bits per heavy atom. The van der Waals surface area contributed by atoms with Gasteiger partial charge in [0.15, 0.2) is 0 Å². The lowest BCUT2D eigenvalue weighted by molar-refractivity contribution is -0.125. The predicted octanol–water partition coefficient (Wildman–Crippen LogP) is -0.242. The molecule has 1 aliphatic carbocycles. The van der Waals surface area contributed by atoms with Crippen LogP contribution in [-0.4, -0.2) is 31.4 Å². The molecule has 1 rings (SSSR count). The van der Waals surface area contributed by atoms with E-state index in [2.05, 4.69) is 10.6 Å². The van der Waals surface area contributed by atoms with Crippen LogP contribution in [0, 0.1) is 5.41 Å². The number of nitrogens with two attached hydrogens (primary N) is 1. The molecule has 0 aromatic heterocycles. The SMILES string of the molecule is CC(=O)NCCNC(=O)CC1(CN)CCC1. The fourth-order valence-corrected chi connectivity index (χ4v) is 1.97. The van der Waals surface area contributed by atoms with E-state index in [0.717, 1.165) is 12.8 Å². The fourth-order valence-electron chi connectivity index (χ4n) is 1.97. The zero-order valence-corrected chi connectivity index (χ0v) is 9.84. The molecule has 0 aromatic rings. The molecular formula is C11H21N3O2. The minimum Gasteiger partial charge on any atom is -0.355 e. The number of rotatable bonds is 6. The van der Waals surface area contributed by atoms with Crippen molar-refractivity contribution in [2.75, 3.05) is 19.6 Å². The topological polar surface area (TPSA) is 84.2 Å². The van der Waals surface area contributed by atoms with Gasteiger partial charge in [-0.15, -0.1) is 0 Å². The van der Waals surface area contributed by atoms with E-state index in [1.165, 1.54) is 13.3 Å². The van der Waals surface area contributed by atoms with E-state index < -0.39 is 0 Å². The quantitative estimate of drug-likeness (QED) is 0.547. The van der Waals surface area contributed by atoms with E-state index in [-0.39, 0.29) is 17.2 Å². The molecule has 0 spiro atoms. The van der Waals surface area contributed by atoms with Gasteiger partial charge in [0.2, 0.25) is 11.8 Å². The van der Waals surface area contributed by atoms with Crippen molar-refractivity contribution in [1.82, 2.24) is 10.6 Å². The zero-order chi connectivity index (χ0) is 12.0. The van der Waals surface area contributed by atoms with Crippen LogP contribution in [0.4, 0.5) is 0 Å². The average molecular weight is 227 g/mol. The molecule has 4 N–H and O–H groups in total. The molecule has 92 valence electrons. The molecule has 0 aliphatic heterocycles. The Morgan fingerprint density at radius 3 is 2.31 bits per heavy atom. The van der Waals surface area contributed by atoms with Crippen LogP contribution in [0.5, 0.6) is 0 Å². The van der Waals surface area contributed by atoms with Crippen LogP contribution >= 0.6 is 0 Å². The molecule has 16 heavy (non-hydrogen) atoms. The first-order valence-electron chi connectivity index (χ1n) is 5.79. The van der Waals surface area contributed by atoms with Crippen LogP contribution in [0.2, 0.25) is 0 Å². The van der Waals surface area contributed by atoms with Gasteiger partial charge in [-0.05, 0) is 24.8 Å². The number of nitrogens with one attached hydrogen (secondary N) is 2. The maximum atomic E-state index is 11.6. The standard InChI is InChI=1S/C11H21N3O2/c1-9(15)13-5-6-14-10(16)7-11(8-12)3-2-4-11/h2-8,12H2,1H3,(H,13,15)(H,14,16). The summed E-state index contributed by atoms with van der Waals surface area (Å²) in [6, 6.07) is 0. The molecule has 0 bridgehead atoms. The van der Waals surface area contributed by atoms with Crippen LogP contribution in [-0.2, 0) is 9.59 Å². The second-order valence-electron chi connectivity index (χ2n) is 4.57. The molecule has 1 saturated carbocycles. The zero-order valence-electron chi connectivity index (χ0n) is 9.84. The van der Waals surface area contributed by atoms with E-state index >= 15 is 0 Å². The molecule has 1 aliphatic rings. The van der Waals surface area contributed by atoms with Gasteiger partial charge < -0.3 is 16.4 Å². The highest BCUT2D eigenvalue weighted by Crippen LogP contribution is 2.42. The van der Waals surface area contributed by atoms with Gasteiger partial charge in [-0.1, -0.05) is 6.42 Å². The van der Waals surface area contributed by atoms with Gasteiger partial charge in [-0.25, -0.2) is 0 Å². The molecule has 1 fully saturated rings. The smallest absolute Gasteiger partial charge is 0.220 e. The van der Waals surface area contributed by atoms with Gasteiger partial charge in [0.25, 0.3) is 0 Å². The highest BCUT2D eigenvalue weighted by atomic mass is 16.2. The van der Waals surface area contributed by atoms with E-state index in [1.54, 1.807) is 0 Å². The van der Waals surface area contributed by atoms with Crippen molar-refractivity contribution in [1.29, 1.82) is 0 Å². The summed E-state index contributed by atoms with van der Waals surface area (Å²) in [5, 5.41) is 5.41. The summed E-state index contributed by atoms with van der Waals surface area (Å²) in [5.41, 5.74) is 5.73. The second-order valence-corrected chi connectivity index (χ2v) is 4.57. The number of hydrogen-bond acceptors (Lipinski definition) is 3. The molecule has 2 amide bonds. The first-order valence-corrected chi connectivity index (χ1v) is 5.79. The summed E-state index contributed by atoms with van der Waals surface area (Å²) in [6.07, 6.45) is 3.81. The number of carbonyl (C=O) groups is 2. The molecule has 0 radical (unpaired) electrons. The van der Waals surface area contributed by atoms with Crippen molar-refractivity contribution in [2.24, 2.45) is 11.1 Å². The van der Waals surface area contributed by atoms with Crippen LogP contribution in [0.15, 0.2) is 0 Å². The predicted molar refractivity (Wildman–Crippen MR) is 61.6 cm³/mol. The first-order chi connectivity index (χ1) is 7.58. The third-order valence-electron chi connectivity index (χ3n) is 3.20. The van der Waals surface area contributed by atoms with Gasteiger partial charge >= 0.3 is 0 Å². The van der Waals surface area contributed by atoms with Crippen molar-refractivity contribution in [2.45, 2.75) is 32.6 Å². The maximum Gasteiger partial charge on any atom is 0.220 e. The summed E-state index contributed by atoms with van der Waals surface area (Å²) < 4.78 is 0. The molecule has 0 aromatic carbocycles. The van der Waals surface area contributed by atoms with E-state index in [9.17, 15) is 9.59 Å². The lowest BCUT2D eigenvalue weighted by atomic mass is 9.66. The second kappa shape index (κ2) is 5.84. The fraction of sp³-hybridized carbons (Fsp3) is 0.818. The largest absolute Gasteiger partial charge is 0.355 e. The highest BCUT2D eigenvalue weighted by molar-refractivity contribution is 5.77. The highest BCUT2D eigenvalue weighted by Gasteiger charge is 2.37. The summed E-state index contributed by atoms with van der Waals surface area (Å²) in [4.78, 5) is 22.2. The summed E-state index contributed by atoms with van der Waals surface area (Å²) in [5.74, 6) is -0.0397. The lowest BCUT2D eigenvalue weighted by Gasteiger charge is -2.40. The Kier molecular flexibility index (Phi) is 4.73. The molecule has 0 unspecified atom stereocenters. The Morgan fingerprint density at radius 2 is 1.88 bits per heavy atom. The van der Waals surface area contributed by atoms with Crippen molar-refractivity contribution < 1.29 is 9.59 Å². The normalized spacial score (nSPS) is 17.4.